The molecule has 0 spiro atoms. The molecule has 0 aromatic heterocycles. The molecule has 1 unspecified atom stereocenters. The molecule has 3 rings (SSSR count). The van der Waals surface area contributed by atoms with Gasteiger partial charge < -0.3 is 10.6 Å². The number of imide groups is 1. The zero-order chi connectivity index (χ0) is 22.9. The lowest BCUT2D eigenvalue weighted by Gasteiger charge is -2.22. The number of hydrogen-bond acceptors (Lipinski definition) is 5. The van der Waals surface area contributed by atoms with Crippen molar-refractivity contribution < 1.29 is 19.3 Å². The van der Waals surface area contributed by atoms with Crippen molar-refractivity contribution in [2.24, 2.45) is 0 Å². The minimum absolute atomic E-state index is 0.173. The van der Waals surface area contributed by atoms with Gasteiger partial charge in [-0.3, -0.25) is 24.6 Å². The van der Waals surface area contributed by atoms with E-state index in [4.69, 9.17) is 0 Å². The minimum Gasteiger partial charge on any atom is -0.324 e. The van der Waals surface area contributed by atoms with Crippen molar-refractivity contribution in [3.8, 4) is 0 Å². The Balaban J connectivity index is 1.76. The third-order valence-corrected chi connectivity index (χ3v) is 5.44. The van der Waals surface area contributed by atoms with E-state index in [1.54, 1.807) is 26.0 Å². The Morgan fingerprint density at radius 3 is 2.42 bits per heavy atom. The number of carbonyl (C=O) groups is 3. The number of aryl methyl sites for hydroxylation is 1. The second-order valence-electron chi connectivity index (χ2n) is 8.03. The smallest absolute Gasteiger partial charge is 0.324 e. The summed E-state index contributed by atoms with van der Waals surface area (Å²) < 4.78 is 0. The third kappa shape index (κ3) is 4.25. The van der Waals surface area contributed by atoms with Crippen molar-refractivity contribution in [1.29, 1.82) is 0 Å². The van der Waals surface area contributed by atoms with Crippen molar-refractivity contribution in [1.82, 2.24) is 10.2 Å². The summed E-state index contributed by atoms with van der Waals surface area (Å²) in [6, 6.07) is 10.8. The molecule has 9 nitrogen and oxygen atoms in total. The Hall–Kier alpha value is -3.75. The minimum atomic E-state index is -1.28. The second kappa shape index (κ2) is 8.17. The van der Waals surface area contributed by atoms with E-state index in [1.807, 2.05) is 12.1 Å². The average molecular weight is 424 g/mol. The average Bonchev–Trinajstić information content (AvgIpc) is 2.93. The van der Waals surface area contributed by atoms with Crippen LogP contribution in [-0.2, 0) is 15.1 Å². The molecule has 1 saturated heterocycles. The zero-order valence-corrected chi connectivity index (χ0v) is 17.8. The number of amides is 4. The molecule has 0 bridgehead atoms. The van der Waals surface area contributed by atoms with Crippen LogP contribution in [-0.4, -0.2) is 34.2 Å². The van der Waals surface area contributed by atoms with Crippen LogP contribution in [0.1, 0.15) is 43.4 Å². The van der Waals surface area contributed by atoms with Gasteiger partial charge in [0.05, 0.1) is 10.6 Å². The number of non-ortho nitro benzene ring substituents is 1. The molecule has 0 aliphatic carbocycles. The van der Waals surface area contributed by atoms with E-state index >= 15 is 0 Å². The first-order chi connectivity index (χ1) is 14.5. The van der Waals surface area contributed by atoms with Gasteiger partial charge in [-0.25, -0.2) is 4.79 Å². The summed E-state index contributed by atoms with van der Waals surface area (Å²) in [4.78, 5) is 49.3. The van der Waals surface area contributed by atoms with E-state index in [2.05, 4.69) is 24.5 Å². The van der Waals surface area contributed by atoms with E-state index in [9.17, 15) is 24.5 Å². The maximum Gasteiger partial charge on any atom is 0.325 e. The Bertz CT molecular complexity index is 1060. The van der Waals surface area contributed by atoms with Gasteiger partial charge in [0.25, 0.3) is 11.6 Å². The van der Waals surface area contributed by atoms with Crippen molar-refractivity contribution in [3.63, 3.8) is 0 Å². The van der Waals surface area contributed by atoms with Gasteiger partial charge in [-0.05, 0) is 36.5 Å². The largest absolute Gasteiger partial charge is 0.325 e. The van der Waals surface area contributed by atoms with Crippen LogP contribution < -0.4 is 10.6 Å². The monoisotopic (exact) mass is 424 g/mol. The zero-order valence-electron chi connectivity index (χ0n) is 17.8. The highest BCUT2D eigenvalue weighted by Crippen LogP contribution is 2.30. The van der Waals surface area contributed by atoms with Crippen molar-refractivity contribution in [2.45, 2.75) is 39.2 Å². The van der Waals surface area contributed by atoms with Gasteiger partial charge in [-0.1, -0.05) is 44.2 Å². The molecule has 1 heterocycles. The number of nitrogens with zero attached hydrogens (tertiary/aromatic N) is 2. The molecule has 4 amide bonds. The lowest BCUT2D eigenvalue weighted by molar-refractivity contribution is -0.384. The standard InChI is InChI=1S/C22H24N4O5/c1-13(2)15-6-8-16(9-7-15)22(4)20(28)25(21(29)24-22)12-19(27)23-18-11-17(26(30)31)10-5-14(18)3/h5-11,13H,12H2,1-4H3,(H,23,27)(H,24,29). The fraction of sp³-hybridized carbons (Fsp3) is 0.318. The summed E-state index contributed by atoms with van der Waals surface area (Å²) in [5.74, 6) is -0.847. The molecule has 2 aromatic carbocycles. The summed E-state index contributed by atoms with van der Waals surface area (Å²) in [5.41, 5.74) is 1.13. The van der Waals surface area contributed by atoms with Gasteiger partial charge in [0.1, 0.15) is 12.1 Å². The van der Waals surface area contributed by atoms with Crippen molar-refractivity contribution in [2.75, 3.05) is 11.9 Å². The number of nitro benzene ring substituents is 1. The Kier molecular flexibility index (Phi) is 5.79. The van der Waals surface area contributed by atoms with E-state index < -0.39 is 34.9 Å². The van der Waals surface area contributed by atoms with Crippen LogP contribution in [0.5, 0.6) is 0 Å². The van der Waals surface area contributed by atoms with Gasteiger partial charge in [0.15, 0.2) is 0 Å². The van der Waals surface area contributed by atoms with Gasteiger partial charge >= 0.3 is 6.03 Å². The molecule has 2 aromatic rings. The molecule has 0 radical (unpaired) electrons. The quantitative estimate of drug-likeness (QED) is 0.418. The third-order valence-electron chi connectivity index (χ3n) is 5.44. The molecule has 31 heavy (non-hydrogen) atoms. The highest BCUT2D eigenvalue weighted by Gasteiger charge is 2.49. The molecule has 0 saturated carbocycles. The normalized spacial score (nSPS) is 18.3. The van der Waals surface area contributed by atoms with Crippen LogP contribution in [0.3, 0.4) is 0 Å². The fourth-order valence-electron chi connectivity index (χ4n) is 3.43. The first-order valence-corrected chi connectivity index (χ1v) is 9.82. The number of hydrogen-bond donors (Lipinski definition) is 2. The molecule has 1 aliphatic rings. The number of rotatable bonds is 6. The number of anilines is 1. The molecule has 1 fully saturated rings. The first-order valence-electron chi connectivity index (χ1n) is 9.82. The van der Waals surface area contributed by atoms with Crippen LogP contribution in [0, 0.1) is 17.0 Å². The van der Waals surface area contributed by atoms with Crippen LogP contribution in [0.25, 0.3) is 0 Å². The second-order valence-corrected chi connectivity index (χ2v) is 8.03. The van der Waals surface area contributed by atoms with Gasteiger partial charge in [-0.15, -0.1) is 0 Å². The molecule has 1 atom stereocenters. The number of benzene rings is 2. The van der Waals surface area contributed by atoms with Crippen LogP contribution in [0.2, 0.25) is 0 Å². The van der Waals surface area contributed by atoms with Gasteiger partial charge in [-0.2, -0.15) is 0 Å². The summed E-state index contributed by atoms with van der Waals surface area (Å²) in [7, 11) is 0. The number of urea groups is 1. The van der Waals surface area contributed by atoms with Crippen molar-refractivity contribution in [3.05, 3.63) is 69.3 Å². The van der Waals surface area contributed by atoms with Crippen LogP contribution >= 0.6 is 0 Å². The van der Waals surface area contributed by atoms with E-state index in [0.717, 1.165) is 10.5 Å². The van der Waals surface area contributed by atoms with Crippen molar-refractivity contribution >= 4 is 29.2 Å². The highest BCUT2D eigenvalue weighted by molar-refractivity contribution is 6.10. The topological polar surface area (TPSA) is 122 Å². The van der Waals surface area contributed by atoms with Gasteiger partial charge in [0, 0.05) is 12.1 Å². The summed E-state index contributed by atoms with van der Waals surface area (Å²) in [5, 5.41) is 16.2. The molecule has 9 heteroatoms. The molecular formula is C22H24N4O5. The number of nitrogens with one attached hydrogen (secondary N) is 2. The lowest BCUT2D eigenvalue weighted by Crippen LogP contribution is -2.42. The number of nitro groups is 1. The van der Waals surface area contributed by atoms with Gasteiger partial charge in [0.2, 0.25) is 5.91 Å². The van der Waals surface area contributed by atoms with E-state index in [1.165, 1.54) is 18.2 Å². The number of carbonyl (C=O) groups excluding carboxylic acids is 3. The van der Waals surface area contributed by atoms with Crippen LogP contribution in [0.4, 0.5) is 16.2 Å². The fourth-order valence-corrected chi connectivity index (χ4v) is 3.43. The first kappa shape index (κ1) is 21.9. The SMILES string of the molecule is Cc1ccc([N+](=O)[O-])cc1NC(=O)CN1C(=O)NC(C)(c2ccc(C(C)C)cc2)C1=O. The summed E-state index contributed by atoms with van der Waals surface area (Å²) >= 11 is 0. The highest BCUT2D eigenvalue weighted by atomic mass is 16.6. The summed E-state index contributed by atoms with van der Waals surface area (Å²) in [6.07, 6.45) is 0. The van der Waals surface area contributed by atoms with Crippen LogP contribution in [0.15, 0.2) is 42.5 Å². The molecule has 2 N–H and O–H groups in total. The summed E-state index contributed by atoms with van der Waals surface area (Å²) in [6.45, 7) is 6.89. The molecule has 162 valence electrons. The Labute approximate surface area is 179 Å². The lowest BCUT2D eigenvalue weighted by atomic mass is 9.90. The molecular weight excluding hydrogens is 400 g/mol. The maximum absolute atomic E-state index is 13.0. The molecule has 1 aliphatic heterocycles. The maximum atomic E-state index is 13.0. The van der Waals surface area contributed by atoms with E-state index in [-0.39, 0.29) is 11.4 Å². The predicted octanol–water partition coefficient (Wildman–Crippen LogP) is 3.43. The Morgan fingerprint density at radius 1 is 1.19 bits per heavy atom. The Morgan fingerprint density at radius 2 is 1.84 bits per heavy atom. The van der Waals surface area contributed by atoms with E-state index in [0.29, 0.717) is 17.0 Å². The predicted molar refractivity (Wildman–Crippen MR) is 115 cm³/mol.